The van der Waals surface area contributed by atoms with Crippen molar-refractivity contribution in [2.24, 2.45) is 0 Å². The van der Waals surface area contributed by atoms with Gasteiger partial charge in [-0.1, -0.05) is 37.1 Å². The fourth-order valence-electron chi connectivity index (χ4n) is 3.68. The molecule has 1 aromatic heterocycles. The molecule has 2 aliphatic rings. The Morgan fingerprint density at radius 2 is 2.00 bits per heavy atom. The molecule has 2 atom stereocenters. The number of fused-ring (bicyclic) bond motifs is 2. The summed E-state index contributed by atoms with van der Waals surface area (Å²) in [5.41, 5.74) is 1.42. The number of amides is 1. The molecule has 2 heterocycles. The van der Waals surface area contributed by atoms with Crippen molar-refractivity contribution in [1.82, 2.24) is 9.88 Å². The van der Waals surface area contributed by atoms with Gasteiger partial charge in [0.15, 0.2) is 0 Å². The minimum Gasteiger partial charge on any atom is -0.374 e. The number of hydrogen-bond acceptors (Lipinski definition) is 3. The highest BCUT2D eigenvalue weighted by atomic mass is 16.5. The number of ether oxygens (including phenoxy) is 1. The Morgan fingerprint density at radius 3 is 2.95 bits per heavy atom. The molecule has 1 aromatic carbocycles. The summed E-state index contributed by atoms with van der Waals surface area (Å²) in [6.45, 7) is 1.31. The summed E-state index contributed by atoms with van der Waals surface area (Å²) in [4.78, 5) is 19.5. The Kier molecular flexibility index (Phi) is 3.54. The third kappa shape index (κ3) is 2.37. The predicted molar refractivity (Wildman–Crippen MR) is 84.8 cm³/mol. The van der Waals surface area contributed by atoms with E-state index in [4.69, 9.17) is 4.74 Å². The summed E-state index contributed by atoms with van der Waals surface area (Å²) in [6.07, 6.45) is 4.72. The third-order valence-corrected chi connectivity index (χ3v) is 4.81. The van der Waals surface area contributed by atoms with Crippen LogP contribution >= 0.6 is 0 Å². The Hall–Kier alpha value is -1.94. The highest BCUT2D eigenvalue weighted by molar-refractivity contribution is 5.95. The van der Waals surface area contributed by atoms with Gasteiger partial charge in [0, 0.05) is 11.9 Å². The fraction of sp³-hybridized carbons (Fsp3) is 0.444. The lowest BCUT2D eigenvalue weighted by Gasteiger charge is -2.43. The van der Waals surface area contributed by atoms with Gasteiger partial charge < -0.3 is 9.64 Å². The number of para-hydroxylation sites is 1. The van der Waals surface area contributed by atoms with E-state index in [1.165, 1.54) is 12.8 Å². The van der Waals surface area contributed by atoms with Crippen LogP contribution in [-0.4, -0.2) is 41.1 Å². The van der Waals surface area contributed by atoms with Crippen molar-refractivity contribution in [2.45, 2.75) is 37.8 Å². The molecule has 1 amide bonds. The summed E-state index contributed by atoms with van der Waals surface area (Å²) in [6, 6.07) is 12.0. The number of pyridine rings is 1. The molecule has 2 fully saturated rings. The number of nitrogens with zero attached hydrogens (tertiary/aromatic N) is 2. The molecule has 0 N–H and O–H groups in total. The monoisotopic (exact) mass is 296 g/mol. The van der Waals surface area contributed by atoms with Crippen molar-refractivity contribution >= 4 is 16.8 Å². The van der Waals surface area contributed by atoms with Crippen LogP contribution in [0.1, 0.15) is 36.2 Å². The van der Waals surface area contributed by atoms with Crippen LogP contribution in [0.15, 0.2) is 36.4 Å². The zero-order valence-corrected chi connectivity index (χ0v) is 12.6. The molecule has 0 unspecified atom stereocenters. The maximum Gasteiger partial charge on any atom is 0.272 e. The lowest BCUT2D eigenvalue weighted by molar-refractivity contribution is -0.0754. The number of rotatable bonds is 1. The van der Waals surface area contributed by atoms with E-state index in [1.54, 1.807) is 0 Å². The minimum atomic E-state index is 0.0472. The van der Waals surface area contributed by atoms with Crippen molar-refractivity contribution < 1.29 is 9.53 Å². The number of aromatic nitrogens is 1. The molecule has 2 aromatic rings. The molecular weight excluding hydrogens is 276 g/mol. The van der Waals surface area contributed by atoms with Crippen LogP contribution in [0.2, 0.25) is 0 Å². The maximum absolute atomic E-state index is 12.9. The van der Waals surface area contributed by atoms with E-state index in [0.29, 0.717) is 18.8 Å². The molecule has 22 heavy (non-hydrogen) atoms. The molecule has 4 nitrogen and oxygen atoms in total. The lowest BCUT2D eigenvalue weighted by Crippen LogP contribution is -2.54. The van der Waals surface area contributed by atoms with Gasteiger partial charge in [-0.15, -0.1) is 0 Å². The first-order chi connectivity index (χ1) is 10.8. The number of carbonyl (C=O) groups is 1. The van der Waals surface area contributed by atoms with Gasteiger partial charge >= 0.3 is 0 Å². The maximum atomic E-state index is 12.9. The fourth-order valence-corrected chi connectivity index (χ4v) is 3.68. The topological polar surface area (TPSA) is 42.4 Å². The second-order valence-corrected chi connectivity index (χ2v) is 6.15. The molecule has 1 aliphatic carbocycles. The molecule has 4 rings (SSSR count). The van der Waals surface area contributed by atoms with Crippen LogP contribution in [0.25, 0.3) is 10.9 Å². The number of hydrogen-bond donors (Lipinski definition) is 0. The summed E-state index contributed by atoms with van der Waals surface area (Å²) in [5.74, 6) is 0.0472. The van der Waals surface area contributed by atoms with Crippen molar-refractivity contribution in [3.05, 3.63) is 42.1 Å². The van der Waals surface area contributed by atoms with Gasteiger partial charge in [0.1, 0.15) is 5.69 Å². The zero-order valence-electron chi connectivity index (χ0n) is 12.6. The molecule has 4 heteroatoms. The zero-order chi connectivity index (χ0) is 14.9. The smallest absolute Gasteiger partial charge is 0.272 e. The molecule has 1 aliphatic heterocycles. The second kappa shape index (κ2) is 5.69. The Labute approximate surface area is 130 Å². The van der Waals surface area contributed by atoms with Gasteiger partial charge in [-0.3, -0.25) is 4.79 Å². The van der Waals surface area contributed by atoms with E-state index in [-0.39, 0.29) is 18.1 Å². The average molecular weight is 296 g/mol. The first-order valence-electron chi connectivity index (χ1n) is 8.11. The van der Waals surface area contributed by atoms with Gasteiger partial charge in [0.2, 0.25) is 0 Å². The highest BCUT2D eigenvalue weighted by Gasteiger charge is 2.37. The van der Waals surface area contributed by atoms with E-state index in [2.05, 4.69) is 4.98 Å². The molecule has 114 valence electrons. The molecule has 1 saturated carbocycles. The van der Waals surface area contributed by atoms with Crippen LogP contribution in [0.4, 0.5) is 0 Å². The van der Waals surface area contributed by atoms with Crippen LogP contribution in [0, 0.1) is 0 Å². The van der Waals surface area contributed by atoms with Gasteiger partial charge in [0.25, 0.3) is 5.91 Å². The van der Waals surface area contributed by atoms with E-state index in [0.717, 1.165) is 23.7 Å². The minimum absolute atomic E-state index is 0.0472. The molecule has 1 saturated heterocycles. The van der Waals surface area contributed by atoms with Crippen molar-refractivity contribution in [3.63, 3.8) is 0 Å². The quantitative estimate of drug-likeness (QED) is 0.812. The van der Waals surface area contributed by atoms with E-state index < -0.39 is 0 Å². The first kappa shape index (κ1) is 13.7. The van der Waals surface area contributed by atoms with Gasteiger partial charge in [0.05, 0.1) is 24.3 Å². The summed E-state index contributed by atoms with van der Waals surface area (Å²) in [5, 5.41) is 1.07. The van der Waals surface area contributed by atoms with Gasteiger partial charge in [-0.25, -0.2) is 4.98 Å². The predicted octanol–water partition coefficient (Wildman–Crippen LogP) is 3.02. The molecular formula is C18H20N2O2. The van der Waals surface area contributed by atoms with Crippen molar-refractivity contribution in [3.8, 4) is 0 Å². The third-order valence-electron chi connectivity index (χ3n) is 4.81. The average Bonchev–Trinajstić information content (AvgIpc) is 2.60. The number of benzene rings is 1. The summed E-state index contributed by atoms with van der Waals surface area (Å²) >= 11 is 0. The SMILES string of the molecule is O=C(c1ccc2ccccc2n1)N1CCO[C@@H]2CCCC[C@@H]21. The van der Waals surface area contributed by atoms with Crippen LogP contribution in [0.3, 0.4) is 0 Å². The Balaban J connectivity index is 1.64. The lowest BCUT2D eigenvalue weighted by atomic mass is 9.90. The standard InChI is InChI=1S/C18H20N2O2/c21-18(15-10-9-13-5-1-2-6-14(13)19-15)20-11-12-22-17-8-4-3-7-16(17)20/h1-2,5-6,9-10,16-17H,3-4,7-8,11-12H2/t16-,17+/m0/s1. The van der Waals surface area contributed by atoms with E-state index in [9.17, 15) is 4.79 Å². The van der Waals surface area contributed by atoms with Crippen LogP contribution in [0.5, 0.6) is 0 Å². The van der Waals surface area contributed by atoms with Crippen molar-refractivity contribution in [1.29, 1.82) is 0 Å². The highest BCUT2D eigenvalue weighted by Crippen LogP contribution is 2.29. The first-order valence-corrected chi connectivity index (χ1v) is 8.11. The van der Waals surface area contributed by atoms with Crippen LogP contribution in [-0.2, 0) is 4.74 Å². The van der Waals surface area contributed by atoms with E-state index in [1.807, 2.05) is 41.3 Å². The summed E-state index contributed by atoms with van der Waals surface area (Å²) in [7, 11) is 0. The second-order valence-electron chi connectivity index (χ2n) is 6.15. The van der Waals surface area contributed by atoms with E-state index >= 15 is 0 Å². The molecule has 0 bridgehead atoms. The number of morpholine rings is 1. The number of carbonyl (C=O) groups excluding carboxylic acids is 1. The van der Waals surface area contributed by atoms with Crippen LogP contribution < -0.4 is 0 Å². The normalized spacial score (nSPS) is 25.0. The Morgan fingerprint density at radius 1 is 1.14 bits per heavy atom. The van der Waals surface area contributed by atoms with Gasteiger partial charge in [-0.05, 0) is 25.0 Å². The largest absolute Gasteiger partial charge is 0.374 e. The molecule has 0 radical (unpaired) electrons. The summed E-state index contributed by atoms with van der Waals surface area (Å²) < 4.78 is 5.85. The van der Waals surface area contributed by atoms with Crippen molar-refractivity contribution in [2.75, 3.05) is 13.2 Å². The Bertz CT molecular complexity index is 698. The van der Waals surface area contributed by atoms with Gasteiger partial charge in [-0.2, -0.15) is 0 Å². The molecule has 0 spiro atoms.